The minimum absolute atomic E-state index is 0.0845. The van der Waals surface area contributed by atoms with E-state index in [4.69, 9.17) is 4.74 Å². The number of nitrogens with one attached hydrogen (secondary N) is 1. The van der Waals surface area contributed by atoms with E-state index in [1.54, 1.807) is 43.4 Å². The quantitative estimate of drug-likeness (QED) is 0.0530. The zero-order valence-corrected chi connectivity index (χ0v) is 31.4. The molecular formula is C47H41N3O4S. The zero-order valence-electron chi connectivity index (χ0n) is 30.6. The van der Waals surface area contributed by atoms with Crippen LogP contribution in [0.1, 0.15) is 40.8 Å². The molecule has 0 atom stereocenters. The van der Waals surface area contributed by atoms with Gasteiger partial charge in [0.25, 0.3) is 11.8 Å². The maximum atomic E-state index is 14.2. The van der Waals surface area contributed by atoms with Gasteiger partial charge < -0.3 is 10.1 Å². The molecule has 55 heavy (non-hydrogen) atoms. The van der Waals surface area contributed by atoms with E-state index in [1.807, 2.05) is 91.0 Å². The summed E-state index contributed by atoms with van der Waals surface area (Å²) in [5.74, 6) is -0.939. The normalized spacial score (nSPS) is 14.1. The summed E-state index contributed by atoms with van der Waals surface area (Å²) in [4.78, 5) is 47.0. The molecule has 7 nitrogen and oxygen atoms in total. The Bertz CT molecular complexity index is 2310. The van der Waals surface area contributed by atoms with Crippen molar-refractivity contribution in [2.45, 2.75) is 26.0 Å². The average molecular weight is 744 g/mol. The molecule has 0 spiro atoms. The maximum absolute atomic E-state index is 14.2. The summed E-state index contributed by atoms with van der Waals surface area (Å²) in [6.45, 7) is 9.82. The Morgan fingerprint density at radius 2 is 1.56 bits per heavy atom. The molecule has 0 radical (unpaired) electrons. The lowest BCUT2D eigenvalue weighted by Gasteiger charge is -2.28. The summed E-state index contributed by atoms with van der Waals surface area (Å²) in [6, 6.07) is 39.0. The summed E-state index contributed by atoms with van der Waals surface area (Å²) in [7, 11) is 0. The van der Waals surface area contributed by atoms with E-state index in [1.165, 1.54) is 4.90 Å². The van der Waals surface area contributed by atoms with Crippen molar-refractivity contribution in [2.24, 2.45) is 4.99 Å². The van der Waals surface area contributed by atoms with Crippen molar-refractivity contribution in [3.63, 3.8) is 0 Å². The van der Waals surface area contributed by atoms with E-state index in [9.17, 15) is 14.4 Å². The Hall–Kier alpha value is -6.51. The lowest BCUT2D eigenvalue weighted by molar-refractivity contribution is -0.126. The van der Waals surface area contributed by atoms with Gasteiger partial charge in [0.15, 0.2) is 5.17 Å². The first-order chi connectivity index (χ1) is 26.9. The second-order valence-corrected chi connectivity index (χ2v) is 13.6. The highest BCUT2D eigenvalue weighted by Crippen LogP contribution is 2.29. The Morgan fingerprint density at radius 1 is 0.873 bits per heavy atom. The molecular weight excluding hydrogens is 703 g/mol. The molecule has 1 aliphatic rings. The summed E-state index contributed by atoms with van der Waals surface area (Å²) in [6.07, 6.45) is 10.6. The SMILES string of the molecule is C=C/C=C\C(=C/C)N1C(=O)/C(=C/c2ccc(OCc3ccc4ccccc4c3)c(CC=C)c2)C(=O)N=C1SCC(=O)NC(c1ccccc1)c1ccccc1. The molecule has 8 heteroatoms. The van der Waals surface area contributed by atoms with Gasteiger partial charge in [-0.2, -0.15) is 4.99 Å². The summed E-state index contributed by atoms with van der Waals surface area (Å²) in [5.41, 5.74) is 4.75. The van der Waals surface area contributed by atoms with Crippen LogP contribution in [0.2, 0.25) is 0 Å². The molecule has 274 valence electrons. The molecule has 6 rings (SSSR count). The van der Waals surface area contributed by atoms with Crippen LogP contribution in [0.15, 0.2) is 181 Å². The second kappa shape index (κ2) is 18.5. The number of benzene rings is 5. The van der Waals surface area contributed by atoms with Gasteiger partial charge in [0, 0.05) is 5.70 Å². The highest BCUT2D eigenvalue weighted by atomic mass is 32.2. The van der Waals surface area contributed by atoms with Gasteiger partial charge >= 0.3 is 0 Å². The fraction of sp³-hybridized carbons (Fsp3) is 0.106. The van der Waals surface area contributed by atoms with Crippen LogP contribution in [-0.4, -0.2) is 33.5 Å². The number of rotatable bonds is 14. The summed E-state index contributed by atoms with van der Waals surface area (Å²) >= 11 is 1.02. The van der Waals surface area contributed by atoms with E-state index in [2.05, 4.69) is 53.8 Å². The molecule has 0 bridgehead atoms. The number of hydrogen-bond donors (Lipinski definition) is 1. The number of carbonyl (C=O) groups excluding carboxylic acids is 3. The highest BCUT2D eigenvalue weighted by molar-refractivity contribution is 8.14. The number of amides is 3. The largest absolute Gasteiger partial charge is 0.489 e. The standard InChI is InChI=1S/C47H41N3O4S/c1-4-7-23-40(6-3)50-46(53)41(30-33-25-27-42(39(28-33)16-5-2)54-31-34-24-26-35-17-14-15-22-38(35)29-34)45(52)49-47(50)55-32-43(51)48-44(36-18-10-8-11-19-36)37-20-12-9-13-21-37/h4-15,17-30,44H,1-2,16,31-32H2,3H3,(H,48,51)/b23-7-,40-6+,41-30+. The number of amidine groups is 1. The molecule has 0 aromatic heterocycles. The number of hydrogen-bond acceptors (Lipinski definition) is 5. The summed E-state index contributed by atoms with van der Waals surface area (Å²) in [5, 5.41) is 5.52. The number of allylic oxidation sites excluding steroid dienone is 5. The first-order valence-corrected chi connectivity index (χ1v) is 18.9. The van der Waals surface area contributed by atoms with E-state index in [0.29, 0.717) is 30.0 Å². The predicted octanol–water partition coefficient (Wildman–Crippen LogP) is 9.54. The molecule has 0 fully saturated rings. The Balaban J connectivity index is 1.24. The number of aliphatic imine (C=N–C) groups is 1. The second-order valence-electron chi connectivity index (χ2n) is 12.6. The first-order valence-electron chi connectivity index (χ1n) is 17.9. The monoisotopic (exact) mass is 743 g/mol. The van der Waals surface area contributed by atoms with Crippen molar-refractivity contribution in [3.05, 3.63) is 204 Å². The third-order valence-corrected chi connectivity index (χ3v) is 9.82. The molecule has 1 N–H and O–H groups in total. The fourth-order valence-corrected chi connectivity index (χ4v) is 7.00. The van der Waals surface area contributed by atoms with Crippen molar-refractivity contribution in [1.29, 1.82) is 0 Å². The zero-order chi connectivity index (χ0) is 38.6. The summed E-state index contributed by atoms with van der Waals surface area (Å²) < 4.78 is 6.26. The van der Waals surface area contributed by atoms with Crippen molar-refractivity contribution in [3.8, 4) is 5.75 Å². The van der Waals surface area contributed by atoms with Gasteiger partial charge in [-0.05, 0) is 82.3 Å². The molecule has 1 aliphatic heterocycles. The molecule has 3 amide bonds. The van der Waals surface area contributed by atoms with E-state index >= 15 is 0 Å². The lowest BCUT2D eigenvalue weighted by Crippen LogP contribution is -2.42. The van der Waals surface area contributed by atoms with Crippen LogP contribution >= 0.6 is 11.8 Å². The van der Waals surface area contributed by atoms with Crippen LogP contribution in [0.25, 0.3) is 16.8 Å². The van der Waals surface area contributed by atoms with Gasteiger partial charge in [0.1, 0.15) is 17.9 Å². The van der Waals surface area contributed by atoms with Crippen LogP contribution in [-0.2, 0) is 27.4 Å². The van der Waals surface area contributed by atoms with Gasteiger partial charge in [0.05, 0.1) is 11.8 Å². The number of thioether (sulfide) groups is 1. The van der Waals surface area contributed by atoms with E-state index < -0.39 is 11.8 Å². The Kier molecular flexibility index (Phi) is 12.9. The van der Waals surface area contributed by atoms with Crippen LogP contribution in [0, 0.1) is 0 Å². The fourth-order valence-electron chi connectivity index (χ4n) is 6.19. The molecule has 0 saturated heterocycles. The van der Waals surface area contributed by atoms with Gasteiger partial charge in [0.2, 0.25) is 5.91 Å². The predicted molar refractivity (Wildman–Crippen MR) is 224 cm³/mol. The van der Waals surface area contributed by atoms with Crippen LogP contribution in [0.5, 0.6) is 5.75 Å². The van der Waals surface area contributed by atoms with Gasteiger partial charge in [-0.1, -0.05) is 146 Å². The molecule has 1 heterocycles. The molecule has 5 aromatic rings. The van der Waals surface area contributed by atoms with Gasteiger partial charge in [-0.3, -0.25) is 19.3 Å². The number of fused-ring (bicyclic) bond motifs is 1. The average Bonchev–Trinajstić information content (AvgIpc) is 3.22. The minimum Gasteiger partial charge on any atom is -0.489 e. The molecule has 0 aliphatic carbocycles. The van der Waals surface area contributed by atoms with E-state index in [-0.39, 0.29) is 28.4 Å². The van der Waals surface area contributed by atoms with Crippen molar-refractivity contribution in [2.75, 3.05) is 5.75 Å². The molecule has 5 aromatic carbocycles. The minimum atomic E-state index is -0.694. The highest BCUT2D eigenvalue weighted by Gasteiger charge is 2.35. The van der Waals surface area contributed by atoms with Crippen molar-refractivity contribution >= 4 is 51.5 Å². The number of nitrogens with zero attached hydrogens (tertiary/aromatic N) is 2. The van der Waals surface area contributed by atoms with Gasteiger partial charge in [-0.25, -0.2) is 0 Å². The lowest BCUT2D eigenvalue weighted by atomic mass is 9.99. The molecule has 0 unspecified atom stereocenters. The first kappa shape index (κ1) is 38.2. The Morgan fingerprint density at radius 3 is 2.24 bits per heavy atom. The number of ether oxygens (including phenoxy) is 1. The third kappa shape index (κ3) is 9.54. The van der Waals surface area contributed by atoms with Crippen LogP contribution in [0.3, 0.4) is 0 Å². The number of carbonyl (C=O) groups is 3. The Labute approximate surface area is 326 Å². The smallest absolute Gasteiger partial charge is 0.285 e. The van der Waals surface area contributed by atoms with Crippen molar-refractivity contribution in [1.82, 2.24) is 10.2 Å². The third-order valence-electron chi connectivity index (χ3n) is 8.88. The molecule has 0 saturated carbocycles. The van der Waals surface area contributed by atoms with Crippen LogP contribution in [0.4, 0.5) is 0 Å². The van der Waals surface area contributed by atoms with E-state index in [0.717, 1.165) is 44.8 Å². The maximum Gasteiger partial charge on any atom is 0.285 e. The van der Waals surface area contributed by atoms with Gasteiger partial charge in [-0.15, -0.1) is 6.58 Å². The van der Waals surface area contributed by atoms with Crippen LogP contribution < -0.4 is 10.1 Å². The topological polar surface area (TPSA) is 88.1 Å². The van der Waals surface area contributed by atoms with Crippen molar-refractivity contribution < 1.29 is 19.1 Å².